The van der Waals surface area contributed by atoms with Gasteiger partial charge in [-0.25, -0.2) is 8.42 Å². The highest BCUT2D eigenvalue weighted by Crippen LogP contribution is 2.26. The van der Waals surface area contributed by atoms with Gasteiger partial charge in [-0.1, -0.05) is 50.1 Å². The lowest BCUT2D eigenvalue weighted by Gasteiger charge is -2.36. The molecule has 2 unspecified atom stereocenters. The minimum Gasteiger partial charge on any atom is -0.391 e. The Balaban J connectivity index is 1.92. The second-order valence-corrected chi connectivity index (χ2v) is 9.63. The molecule has 0 bridgehead atoms. The summed E-state index contributed by atoms with van der Waals surface area (Å²) in [5.74, 6) is -0.333. The van der Waals surface area contributed by atoms with Crippen molar-refractivity contribution in [1.82, 2.24) is 4.90 Å². The summed E-state index contributed by atoms with van der Waals surface area (Å²) in [6.07, 6.45) is 3.54. The summed E-state index contributed by atoms with van der Waals surface area (Å²) in [7, 11) is -2.28. The molecule has 162 valence electrons. The van der Waals surface area contributed by atoms with Crippen LogP contribution in [0.1, 0.15) is 38.2 Å². The first kappa shape index (κ1) is 22.3. The molecular formula is C23H30N2O4S. The zero-order chi connectivity index (χ0) is 21.7. The summed E-state index contributed by atoms with van der Waals surface area (Å²) in [5, 5.41) is 10.3. The van der Waals surface area contributed by atoms with Crippen LogP contribution in [0.15, 0.2) is 59.5 Å². The lowest BCUT2D eigenvalue weighted by molar-refractivity contribution is -0.133. The van der Waals surface area contributed by atoms with Gasteiger partial charge >= 0.3 is 0 Å². The molecule has 3 rings (SSSR count). The molecule has 2 aromatic rings. The van der Waals surface area contributed by atoms with Crippen LogP contribution in [-0.4, -0.2) is 50.1 Å². The fourth-order valence-corrected chi connectivity index (χ4v) is 5.33. The van der Waals surface area contributed by atoms with Crippen LogP contribution in [0.3, 0.4) is 0 Å². The van der Waals surface area contributed by atoms with Crippen molar-refractivity contribution in [1.29, 1.82) is 0 Å². The lowest BCUT2D eigenvalue weighted by atomic mass is 9.91. The first-order valence-electron chi connectivity index (χ1n) is 10.4. The van der Waals surface area contributed by atoms with E-state index in [2.05, 4.69) is 0 Å². The Kier molecular flexibility index (Phi) is 7.15. The van der Waals surface area contributed by atoms with E-state index in [1.54, 1.807) is 37.4 Å². The van der Waals surface area contributed by atoms with Gasteiger partial charge in [0.15, 0.2) is 0 Å². The molecule has 1 aliphatic carbocycles. The Morgan fingerprint density at radius 1 is 1.03 bits per heavy atom. The van der Waals surface area contributed by atoms with E-state index in [1.165, 1.54) is 17.0 Å². The zero-order valence-electron chi connectivity index (χ0n) is 17.6. The molecule has 2 atom stereocenters. The standard InChI is InChI=1S/C23H30N2O4S/c1-3-18-13-15-19(16-14-18)25(30(28,29)20-9-5-4-6-10-20)17-23(27)24(2)21-11-7-8-12-22(21)26/h4-6,9-10,13-16,21-22,26H,3,7-8,11-12,17H2,1-2H3. The fourth-order valence-electron chi connectivity index (χ4n) is 3.90. The number of aryl methyl sites for hydroxylation is 1. The van der Waals surface area contributed by atoms with Crippen molar-refractivity contribution in [3.05, 3.63) is 60.2 Å². The van der Waals surface area contributed by atoms with Gasteiger partial charge in [0, 0.05) is 7.05 Å². The topological polar surface area (TPSA) is 77.9 Å². The zero-order valence-corrected chi connectivity index (χ0v) is 18.4. The molecule has 0 saturated heterocycles. The first-order valence-corrected chi connectivity index (χ1v) is 11.9. The average Bonchev–Trinajstić information content (AvgIpc) is 2.77. The van der Waals surface area contributed by atoms with E-state index in [0.717, 1.165) is 35.6 Å². The Labute approximate surface area is 179 Å². The quantitative estimate of drug-likeness (QED) is 0.732. The minimum absolute atomic E-state index is 0.137. The van der Waals surface area contributed by atoms with Gasteiger partial charge in [0.2, 0.25) is 5.91 Å². The molecule has 0 heterocycles. The van der Waals surface area contributed by atoms with Crippen molar-refractivity contribution in [3.8, 4) is 0 Å². The second-order valence-electron chi connectivity index (χ2n) is 7.77. The third-order valence-electron chi connectivity index (χ3n) is 5.83. The van der Waals surface area contributed by atoms with Gasteiger partial charge in [-0.05, 0) is 49.1 Å². The molecule has 7 heteroatoms. The molecule has 1 fully saturated rings. The Morgan fingerprint density at radius 2 is 1.67 bits per heavy atom. The smallest absolute Gasteiger partial charge is 0.264 e. The highest BCUT2D eigenvalue weighted by molar-refractivity contribution is 7.92. The molecule has 6 nitrogen and oxygen atoms in total. The number of carbonyl (C=O) groups excluding carboxylic acids is 1. The minimum atomic E-state index is -3.92. The van der Waals surface area contributed by atoms with Crippen molar-refractivity contribution >= 4 is 21.6 Å². The van der Waals surface area contributed by atoms with Gasteiger partial charge in [0.1, 0.15) is 6.54 Å². The number of amides is 1. The third-order valence-corrected chi connectivity index (χ3v) is 7.62. The maximum Gasteiger partial charge on any atom is 0.264 e. The van der Waals surface area contributed by atoms with Crippen LogP contribution in [0.2, 0.25) is 0 Å². The number of hydrogen-bond acceptors (Lipinski definition) is 4. The fraction of sp³-hybridized carbons (Fsp3) is 0.435. The van der Waals surface area contributed by atoms with Crippen LogP contribution in [-0.2, 0) is 21.2 Å². The van der Waals surface area contributed by atoms with E-state index >= 15 is 0 Å². The lowest BCUT2D eigenvalue weighted by Crippen LogP contribution is -2.50. The van der Waals surface area contributed by atoms with E-state index in [0.29, 0.717) is 12.1 Å². The number of likely N-dealkylation sites (N-methyl/N-ethyl adjacent to an activating group) is 1. The molecule has 1 aliphatic rings. The van der Waals surface area contributed by atoms with Crippen LogP contribution in [0.5, 0.6) is 0 Å². The van der Waals surface area contributed by atoms with Gasteiger partial charge < -0.3 is 10.0 Å². The van der Waals surface area contributed by atoms with Crippen LogP contribution in [0.4, 0.5) is 5.69 Å². The second kappa shape index (κ2) is 9.62. The van der Waals surface area contributed by atoms with Crippen LogP contribution < -0.4 is 4.31 Å². The van der Waals surface area contributed by atoms with E-state index in [1.807, 2.05) is 19.1 Å². The molecule has 1 amide bonds. The number of hydrogen-bond donors (Lipinski definition) is 1. The van der Waals surface area contributed by atoms with Crippen molar-refractivity contribution in [2.45, 2.75) is 56.1 Å². The molecule has 2 aromatic carbocycles. The summed E-state index contributed by atoms with van der Waals surface area (Å²) in [4.78, 5) is 14.7. The molecule has 0 spiro atoms. The van der Waals surface area contributed by atoms with Crippen LogP contribution >= 0.6 is 0 Å². The van der Waals surface area contributed by atoms with Crippen molar-refractivity contribution in [3.63, 3.8) is 0 Å². The summed E-state index contributed by atoms with van der Waals surface area (Å²) in [6.45, 7) is 1.71. The summed E-state index contributed by atoms with van der Waals surface area (Å²) in [6, 6.07) is 15.1. The molecule has 0 aliphatic heterocycles. The number of carbonyl (C=O) groups is 1. The SMILES string of the molecule is CCc1ccc(N(CC(=O)N(C)C2CCCCC2O)S(=O)(=O)c2ccccc2)cc1. The number of nitrogens with zero attached hydrogens (tertiary/aromatic N) is 2. The Hall–Kier alpha value is -2.38. The number of benzene rings is 2. The normalized spacial score (nSPS) is 19.3. The number of sulfonamides is 1. The Bertz CT molecular complexity index is 945. The highest BCUT2D eigenvalue weighted by atomic mass is 32.2. The van der Waals surface area contributed by atoms with Gasteiger partial charge in [0.25, 0.3) is 10.0 Å². The Morgan fingerprint density at radius 3 is 2.27 bits per heavy atom. The molecule has 1 saturated carbocycles. The van der Waals surface area contributed by atoms with E-state index in [-0.39, 0.29) is 23.4 Å². The molecule has 0 aromatic heterocycles. The van der Waals surface area contributed by atoms with Gasteiger partial charge in [0.05, 0.1) is 22.7 Å². The third kappa shape index (κ3) is 4.84. The molecular weight excluding hydrogens is 400 g/mol. The number of aliphatic hydroxyl groups is 1. The molecule has 1 N–H and O–H groups in total. The summed E-state index contributed by atoms with van der Waals surface area (Å²) < 4.78 is 27.9. The molecule has 30 heavy (non-hydrogen) atoms. The van der Waals surface area contributed by atoms with E-state index in [9.17, 15) is 18.3 Å². The van der Waals surface area contributed by atoms with E-state index in [4.69, 9.17) is 0 Å². The maximum atomic E-state index is 13.4. The van der Waals surface area contributed by atoms with Crippen molar-refractivity contribution in [2.24, 2.45) is 0 Å². The van der Waals surface area contributed by atoms with Gasteiger partial charge in [-0.3, -0.25) is 9.10 Å². The highest BCUT2D eigenvalue weighted by Gasteiger charge is 2.33. The average molecular weight is 431 g/mol. The van der Waals surface area contributed by atoms with Gasteiger partial charge in [-0.15, -0.1) is 0 Å². The predicted octanol–water partition coefficient (Wildman–Crippen LogP) is 3.21. The molecule has 0 radical (unpaired) electrons. The monoisotopic (exact) mass is 430 g/mol. The summed E-state index contributed by atoms with van der Waals surface area (Å²) >= 11 is 0. The number of aliphatic hydroxyl groups excluding tert-OH is 1. The van der Waals surface area contributed by atoms with Crippen molar-refractivity contribution < 1.29 is 18.3 Å². The summed E-state index contributed by atoms with van der Waals surface area (Å²) in [5.41, 5.74) is 1.53. The maximum absolute atomic E-state index is 13.4. The predicted molar refractivity (Wildman–Crippen MR) is 118 cm³/mol. The largest absolute Gasteiger partial charge is 0.391 e. The number of anilines is 1. The van der Waals surface area contributed by atoms with Gasteiger partial charge in [-0.2, -0.15) is 0 Å². The van der Waals surface area contributed by atoms with Crippen molar-refractivity contribution in [2.75, 3.05) is 17.9 Å². The van der Waals surface area contributed by atoms with E-state index < -0.39 is 16.1 Å². The van der Waals surface area contributed by atoms with Crippen LogP contribution in [0.25, 0.3) is 0 Å². The number of rotatable bonds is 7. The van der Waals surface area contributed by atoms with Crippen LogP contribution in [0, 0.1) is 0 Å². The first-order chi connectivity index (χ1) is 14.3.